The normalized spacial score (nSPS) is 12.0. The van der Waals surface area contributed by atoms with Crippen LogP contribution in [0, 0.1) is 5.92 Å². The van der Waals surface area contributed by atoms with Gasteiger partial charge in [-0.1, -0.05) is 32.0 Å². The van der Waals surface area contributed by atoms with E-state index in [1.807, 2.05) is 19.9 Å². The molecule has 2 N–H and O–H groups in total. The monoisotopic (exact) mass is 300 g/mol. The molecule has 0 spiro atoms. The minimum Gasteiger partial charge on any atom is -0.467 e. The summed E-state index contributed by atoms with van der Waals surface area (Å²) >= 11 is 0. The zero-order valence-corrected chi connectivity index (χ0v) is 12.7. The Kier molecular flexibility index (Phi) is 5.36. The van der Waals surface area contributed by atoms with Gasteiger partial charge < -0.3 is 15.1 Å². The molecule has 1 atom stereocenters. The summed E-state index contributed by atoms with van der Waals surface area (Å²) in [7, 11) is 0. The van der Waals surface area contributed by atoms with Crippen molar-refractivity contribution in [3.8, 4) is 0 Å². The van der Waals surface area contributed by atoms with Gasteiger partial charge in [0.1, 0.15) is 11.8 Å². The minimum atomic E-state index is -0.595. The van der Waals surface area contributed by atoms with E-state index in [0.29, 0.717) is 17.9 Å². The molecule has 116 valence electrons. The largest absolute Gasteiger partial charge is 0.467 e. The number of benzene rings is 1. The Bertz CT molecular complexity index is 606. The van der Waals surface area contributed by atoms with Crippen molar-refractivity contribution in [2.45, 2.75) is 26.4 Å². The molecule has 2 aromatic rings. The molecule has 0 aliphatic carbocycles. The highest BCUT2D eigenvalue weighted by atomic mass is 16.3. The van der Waals surface area contributed by atoms with Crippen molar-refractivity contribution in [3.63, 3.8) is 0 Å². The van der Waals surface area contributed by atoms with Crippen LogP contribution in [0.15, 0.2) is 53.1 Å². The molecule has 0 fully saturated rings. The topological polar surface area (TPSA) is 71.3 Å². The molecule has 5 nitrogen and oxygen atoms in total. The molecule has 0 unspecified atom stereocenters. The first-order valence-corrected chi connectivity index (χ1v) is 7.24. The van der Waals surface area contributed by atoms with Crippen LogP contribution >= 0.6 is 0 Å². The van der Waals surface area contributed by atoms with E-state index in [2.05, 4.69) is 10.6 Å². The van der Waals surface area contributed by atoms with Gasteiger partial charge in [0, 0.05) is 5.56 Å². The lowest BCUT2D eigenvalue weighted by molar-refractivity contribution is -0.124. The van der Waals surface area contributed by atoms with Crippen LogP contribution in [0.1, 0.15) is 30.0 Å². The van der Waals surface area contributed by atoms with E-state index in [1.54, 1.807) is 42.7 Å². The van der Waals surface area contributed by atoms with Crippen LogP contribution in [-0.2, 0) is 11.3 Å². The SMILES string of the molecule is CC(C)[C@H](NC(=O)c1ccccc1)C(=O)NCc1ccco1. The number of carbonyl (C=O) groups is 2. The minimum absolute atomic E-state index is 0.0238. The van der Waals surface area contributed by atoms with Crippen LogP contribution in [0.25, 0.3) is 0 Å². The fraction of sp³-hybridized carbons (Fsp3) is 0.294. The van der Waals surface area contributed by atoms with Crippen molar-refractivity contribution in [1.82, 2.24) is 10.6 Å². The number of rotatable bonds is 6. The fourth-order valence-corrected chi connectivity index (χ4v) is 2.05. The molecule has 0 saturated carbocycles. The quantitative estimate of drug-likeness (QED) is 0.860. The van der Waals surface area contributed by atoms with Crippen molar-refractivity contribution in [1.29, 1.82) is 0 Å². The molecule has 1 aromatic heterocycles. The number of hydrogen-bond donors (Lipinski definition) is 2. The summed E-state index contributed by atoms with van der Waals surface area (Å²) in [5.41, 5.74) is 0.534. The highest BCUT2D eigenvalue weighted by molar-refractivity contribution is 5.97. The van der Waals surface area contributed by atoms with Crippen LogP contribution in [0.5, 0.6) is 0 Å². The molecule has 1 heterocycles. The van der Waals surface area contributed by atoms with E-state index in [9.17, 15) is 9.59 Å². The molecule has 22 heavy (non-hydrogen) atoms. The van der Waals surface area contributed by atoms with Crippen LogP contribution in [0.2, 0.25) is 0 Å². The van der Waals surface area contributed by atoms with Crippen LogP contribution in [0.4, 0.5) is 0 Å². The van der Waals surface area contributed by atoms with Crippen molar-refractivity contribution >= 4 is 11.8 Å². The van der Waals surface area contributed by atoms with E-state index in [0.717, 1.165) is 0 Å². The van der Waals surface area contributed by atoms with Gasteiger partial charge in [0.05, 0.1) is 12.8 Å². The molecule has 1 aromatic carbocycles. The predicted molar refractivity (Wildman–Crippen MR) is 83.1 cm³/mol. The number of amides is 2. The molecule has 0 saturated heterocycles. The second-order valence-electron chi connectivity index (χ2n) is 5.36. The van der Waals surface area contributed by atoms with E-state index < -0.39 is 6.04 Å². The van der Waals surface area contributed by atoms with Gasteiger partial charge >= 0.3 is 0 Å². The second-order valence-corrected chi connectivity index (χ2v) is 5.36. The van der Waals surface area contributed by atoms with Crippen molar-refractivity contribution in [3.05, 3.63) is 60.1 Å². The molecule has 2 amide bonds. The van der Waals surface area contributed by atoms with Gasteiger partial charge in [-0.25, -0.2) is 0 Å². The Labute approximate surface area is 129 Å². The third-order valence-corrected chi connectivity index (χ3v) is 3.29. The zero-order chi connectivity index (χ0) is 15.9. The van der Waals surface area contributed by atoms with Gasteiger partial charge in [0.15, 0.2) is 0 Å². The van der Waals surface area contributed by atoms with Gasteiger partial charge in [0.25, 0.3) is 5.91 Å². The third-order valence-electron chi connectivity index (χ3n) is 3.29. The van der Waals surface area contributed by atoms with E-state index >= 15 is 0 Å². The van der Waals surface area contributed by atoms with Gasteiger partial charge in [-0.3, -0.25) is 9.59 Å². The Hall–Kier alpha value is -2.56. The molecule has 0 aliphatic rings. The molecule has 0 aliphatic heterocycles. The lowest BCUT2D eigenvalue weighted by Crippen LogP contribution is -2.49. The van der Waals surface area contributed by atoms with E-state index in [-0.39, 0.29) is 17.7 Å². The van der Waals surface area contributed by atoms with Crippen molar-refractivity contribution in [2.75, 3.05) is 0 Å². The average Bonchev–Trinajstić information content (AvgIpc) is 3.04. The van der Waals surface area contributed by atoms with Crippen molar-refractivity contribution < 1.29 is 14.0 Å². The summed E-state index contributed by atoms with van der Waals surface area (Å²) in [5, 5.41) is 5.56. The van der Waals surface area contributed by atoms with Crippen LogP contribution in [-0.4, -0.2) is 17.9 Å². The van der Waals surface area contributed by atoms with E-state index in [1.165, 1.54) is 0 Å². The Balaban J connectivity index is 1.97. The molecule has 2 rings (SSSR count). The summed E-state index contributed by atoms with van der Waals surface area (Å²) in [6.45, 7) is 4.08. The van der Waals surface area contributed by atoms with E-state index in [4.69, 9.17) is 4.42 Å². The van der Waals surface area contributed by atoms with Gasteiger partial charge in [-0.15, -0.1) is 0 Å². The summed E-state index contributed by atoms with van der Waals surface area (Å²) in [4.78, 5) is 24.5. The molecule has 5 heteroatoms. The lowest BCUT2D eigenvalue weighted by atomic mass is 10.0. The summed E-state index contributed by atoms with van der Waals surface area (Å²) in [6, 6.07) is 11.8. The number of hydrogen-bond acceptors (Lipinski definition) is 3. The second kappa shape index (κ2) is 7.45. The molecule has 0 radical (unpaired) electrons. The molecular formula is C17H20N2O3. The maximum atomic E-state index is 12.3. The summed E-state index contributed by atoms with van der Waals surface area (Å²) in [6.07, 6.45) is 1.55. The highest BCUT2D eigenvalue weighted by Crippen LogP contribution is 2.06. The Morgan fingerprint density at radius 2 is 1.82 bits per heavy atom. The Morgan fingerprint density at radius 1 is 1.09 bits per heavy atom. The van der Waals surface area contributed by atoms with Gasteiger partial charge in [0.2, 0.25) is 5.91 Å². The summed E-state index contributed by atoms with van der Waals surface area (Å²) in [5.74, 6) is 0.164. The number of nitrogens with one attached hydrogen (secondary N) is 2. The smallest absolute Gasteiger partial charge is 0.251 e. The number of carbonyl (C=O) groups excluding carboxylic acids is 2. The average molecular weight is 300 g/mol. The fourth-order valence-electron chi connectivity index (χ4n) is 2.05. The maximum Gasteiger partial charge on any atom is 0.251 e. The first-order chi connectivity index (χ1) is 10.6. The first kappa shape index (κ1) is 15.8. The van der Waals surface area contributed by atoms with Gasteiger partial charge in [-0.2, -0.15) is 0 Å². The third kappa shape index (κ3) is 4.22. The number of furan rings is 1. The highest BCUT2D eigenvalue weighted by Gasteiger charge is 2.24. The van der Waals surface area contributed by atoms with Crippen LogP contribution in [0.3, 0.4) is 0 Å². The maximum absolute atomic E-state index is 12.3. The lowest BCUT2D eigenvalue weighted by Gasteiger charge is -2.21. The van der Waals surface area contributed by atoms with Gasteiger partial charge in [-0.05, 0) is 30.2 Å². The molecule has 0 bridgehead atoms. The predicted octanol–water partition coefficient (Wildman–Crippen LogP) is 2.35. The molecular weight excluding hydrogens is 280 g/mol. The van der Waals surface area contributed by atoms with Crippen molar-refractivity contribution in [2.24, 2.45) is 5.92 Å². The zero-order valence-electron chi connectivity index (χ0n) is 12.7. The first-order valence-electron chi connectivity index (χ1n) is 7.24. The standard InChI is InChI=1S/C17H20N2O3/c1-12(2)15(17(21)18-11-14-9-6-10-22-14)19-16(20)13-7-4-3-5-8-13/h3-10,12,15H,11H2,1-2H3,(H,18,21)(H,19,20)/t15-/m0/s1. The summed E-state index contributed by atoms with van der Waals surface area (Å²) < 4.78 is 5.17. The van der Waals surface area contributed by atoms with Crippen LogP contribution < -0.4 is 10.6 Å². The Morgan fingerprint density at radius 3 is 2.41 bits per heavy atom.